The Morgan fingerprint density at radius 2 is 2.10 bits per heavy atom. The van der Waals surface area contributed by atoms with E-state index in [4.69, 9.17) is 21.1 Å². The number of halogens is 1. The van der Waals surface area contributed by atoms with Crippen molar-refractivity contribution in [1.29, 1.82) is 0 Å². The zero-order valence-electron chi connectivity index (χ0n) is 11.5. The van der Waals surface area contributed by atoms with Crippen molar-refractivity contribution in [3.63, 3.8) is 0 Å². The molecule has 1 fully saturated rings. The van der Waals surface area contributed by atoms with Gasteiger partial charge in [0, 0.05) is 24.6 Å². The topological polar surface area (TPSA) is 38.8 Å². The number of nitrogens with zero attached hydrogens (tertiary/aromatic N) is 1. The summed E-state index contributed by atoms with van der Waals surface area (Å²) in [4.78, 5) is 14.5. The fourth-order valence-electron chi connectivity index (χ4n) is 2.47. The van der Waals surface area contributed by atoms with Gasteiger partial charge in [0.25, 0.3) is 5.91 Å². The predicted molar refractivity (Wildman–Crippen MR) is 76.8 cm³/mol. The third kappa shape index (κ3) is 2.57. The van der Waals surface area contributed by atoms with Crippen molar-refractivity contribution in [1.82, 2.24) is 4.90 Å². The lowest BCUT2D eigenvalue weighted by Crippen LogP contribution is -2.32. The van der Waals surface area contributed by atoms with Crippen molar-refractivity contribution in [3.05, 3.63) is 22.7 Å². The fraction of sp³-hybridized carbons (Fsp3) is 0.533. The molecule has 1 aliphatic heterocycles. The minimum atomic E-state index is 0.0209. The molecule has 3 rings (SSSR count). The summed E-state index contributed by atoms with van der Waals surface area (Å²) in [5.41, 5.74) is 0.577. The molecule has 4 nitrogen and oxygen atoms in total. The number of rotatable bonds is 3. The molecular formula is C15H18ClNO3. The van der Waals surface area contributed by atoms with Crippen LogP contribution in [0.1, 0.15) is 36.5 Å². The first kappa shape index (κ1) is 13.6. The minimum Gasteiger partial charge on any atom is -0.489 e. The monoisotopic (exact) mass is 295 g/mol. The van der Waals surface area contributed by atoms with Gasteiger partial charge in [-0.25, -0.2) is 0 Å². The highest BCUT2D eigenvalue weighted by Gasteiger charge is 2.32. The third-order valence-electron chi connectivity index (χ3n) is 3.64. The molecule has 1 heterocycles. The van der Waals surface area contributed by atoms with Gasteiger partial charge >= 0.3 is 0 Å². The Bertz CT molecular complexity index is 528. The summed E-state index contributed by atoms with van der Waals surface area (Å²) in [5, 5.41) is 0.444. The largest absolute Gasteiger partial charge is 0.489 e. The Labute approximate surface area is 123 Å². The maximum absolute atomic E-state index is 12.6. The van der Waals surface area contributed by atoms with Gasteiger partial charge in [-0.2, -0.15) is 0 Å². The van der Waals surface area contributed by atoms with E-state index in [1.807, 2.05) is 11.8 Å². The molecule has 0 atom stereocenters. The van der Waals surface area contributed by atoms with E-state index in [1.165, 1.54) is 0 Å². The summed E-state index contributed by atoms with van der Waals surface area (Å²) in [7, 11) is 0. The molecule has 1 aromatic carbocycles. The number of benzene rings is 1. The Kier molecular flexibility index (Phi) is 3.74. The highest BCUT2D eigenvalue weighted by Crippen LogP contribution is 2.39. The lowest BCUT2D eigenvalue weighted by Gasteiger charge is -2.21. The number of carbonyl (C=O) groups is 1. The van der Waals surface area contributed by atoms with Crippen molar-refractivity contribution >= 4 is 17.5 Å². The van der Waals surface area contributed by atoms with Crippen LogP contribution in [0.3, 0.4) is 0 Å². The van der Waals surface area contributed by atoms with Gasteiger partial charge in [-0.1, -0.05) is 11.6 Å². The molecule has 1 aliphatic carbocycles. The van der Waals surface area contributed by atoms with Gasteiger partial charge in [-0.3, -0.25) is 4.79 Å². The second-order valence-corrected chi connectivity index (χ2v) is 5.57. The van der Waals surface area contributed by atoms with Crippen molar-refractivity contribution < 1.29 is 14.3 Å². The van der Waals surface area contributed by atoms with E-state index in [0.29, 0.717) is 41.3 Å². The summed E-state index contributed by atoms with van der Waals surface area (Å²) in [6, 6.07) is 3.82. The van der Waals surface area contributed by atoms with E-state index in [9.17, 15) is 4.79 Å². The molecule has 1 amide bonds. The molecule has 108 valence electrons. The molecule has 0 bridgehead atoms. The zero-order valence-corrected chi connectivity index (χ0v) is 12.3. The van der Waals surface area contributed by atoms with E-state index in [0.717, 1.165) is 25.8 Å². The number of amides is 1. The fourth-order valence-corrected chi connectivity index (χ4v) is 2.74. The molecule has 0 spiro atoms. The number of hydrogen-bond donors (Lipinski definition) is 0. The highest BCUT2D eigenvalue weighted by atomic mass is 35.5. The van der Waals surface area contributed by atoms with Crippen LogP contribution in [0, 0.1) is 0 Å². The molecule has 5 heteroatoms. The minimum absolute atomic E-state index is 0.0209. The van der Waals surface area contributed by atoms with Gasteiger partial charge < -0.3 is 14.4 Å². The van der Waals surface area contributed by atoms with E-state index in [2.05, 4.69) is 0 Å². The van der Waals surface area contributed by atoms with Crippen LogP contribution in [-0.2, 0) is 0 Å². The van der Waals surface area contributed by atoms with E-state index in [1.54, 1.807) is 12.1 Å². The summed E-state index contributed by atoms with van der Waals surface area (Å²) in [5.74, 6) is 1.15. The number of fused-ring (bicyclic) bond motifs is 1. The Morgan fingerprint density at radius 1 is 1.35 bits per heavy atom. The smallest absolute Gasteiger partial charge is 0.254 e. The number of ether oxygens (including phenoxy) is 2. The molecule has 0 radical (unpaired) electrons. The van der Waals surface area contributed by atoms with Crippen LogP contribution in [0.25, 0.3) is 0 Å². The van der Waals surface area contributed by atoms with Crippen molar-refractivity contribution in [2.75, 3.05) is 19.8 Å². The summed E-state index contributed by atoms with van der Waals surface area (Å²) in [6.45, 7) is 3.89. The Balaban J connectivity index is 1.91. The quantitative estimate of drug-likeness (QED) is 0.860. The first-order valence-corrected chi connectivity index (χ1v) is 7.48. The van der Waals surface area contributed by atoms with Crippen molar-refractivity contribution in [2.45, 2.75) is 32.2 Å². The molecule has 1 saturated carbocycles. The number of hydrogen-bond acceptors (Lipinski definition) is 3. The van der Waals surface area contributed by atoms with Crippen molar-refractivity contribution in [2.24, 2.45) is 0 Å². The summed E-state index contributed by atoms with van der Waals surface area (Å²) in [6.07, 6.45) is 3.01. The first-order valence-electron chi connectivity index (χ1n) is 7.11. The van der Waals surface area contributed by atoms with Crippen LogP contribution < -0.4 is 9.47 Å². The van der Waals surface area contributed by atoms with Crippen LogP contribution in [-0.4, -0.2) is 36.6 Å². The van der Waals surface area contributed by atoms with Crippen LogP contribution in [0.15, 0.2) is 12.1 Å². The second kappa shape index (κ2) is 5.52. The molecule has 0 unspecified atom stereocenters. The van der Waals surface area contributed by atoms with Crippen LogP contribution in [0.4, 0.5) is 0 Å². The van der Waals surface area contributed by atoms with Gasteiger partial charge in [0.05, 0.1) is 18.2 Å². The molecule has 2 aliphatic rings. The van der Waals surface area contributed by atoms with E-state index in [-0.39, 0.29) is 5.91 Å². The normalized spacial score (nSPS) is 17.5. The molecule has 0 N–H and O–H groups in total. The van der Waals surface area contributed by atoms with Crippen molar-refractivity contribution in [3.8, 4) is 11.5 Å². The van der Waals surface area contributed by atoms with E-state index >= 15 is 0 Å². The highest BCUT2D eigenvalue weighted by molar-refractivity contribution is 6.32. The Hall–Kier alpha value is -1.42. The average Bonchev–Trinajstić information content (AvgIpc) is 3.25. The van der Waals surface area contributed by atoms with Crippen LogP contribution in [0.5, 0.6) is 11.5 Å². The third-order valence-corrected chi connectivity index (χ3v) is 3.92. The second-order valence-electron chi connectivity index (χ2n) is 5.16. The summed E-state index contributed by atoms with van der Waals surface area (Å²) < 4.78 is 11.2. The van der Waals surface area contributed by atoms with Gasteiger partial charge in [-0.15, -0.1) is 0 Å². The molecule has 0 aromatic heterocycles. The molecule has 20 heavy (non-hydrogen) atoms. The van der Waals surface area contributed by atoms with Gasteiger partial charge in [0.2, 0.25) is 0 Å². The first-order chi connectivity index (χ1) is 9.70. The van der Waals surface area contributed by atoms with E-state index < -0.39 is 0 Å². The molecule has 0 saturated heterocycles. The van der Waals surface area contributed by atoms with Crippen LogP contribution >= 0.6 is 11.6 Å². The Morgan fingerprint density at radius 3 is 2.80 bits per heavy atom. The predicted octanol–water partition coefficient (Wildman–Crippen LogP) is 3.13. The van der Waals surface area contributed by atoms with Gasteiger partial charge in [0.15, 0.2) is 11.5 Å². The number of carbonyl (C=O) groups excluding carboxylic acids is 1. The van der Waals surface area contributed by atoms with Gasteiger partial charge in [-0.05, 0) is 31.9 Å². The maximum Gasteiger partial charge on any atom is 0.254 e. The molecular weight excluding hydrogens is 278 g/mol. The lowest BCUT2D eigenvalue weighted by molar-refractivity contribution is 0.0752. The SMILES string of the molecule is CCN(C(=O)c1cc(Cl)c2c(c1)OCCCO2)C1CC1. The van der Waals surface area contributed by atoms with Crippen LogP contribution in [0.2, 0.25) is 5.02 Å². The zero-order chi connectivity index (χ0) is 14.1. The average molecular weight is 296 g/mol. The summed E-state index contributed by atoms with van der Waals surface area (Å²) >= 11 is 6.23. The maximum atomic E-state index is 12.6. The lowest BCUT2D eigenvalue weighted by atomic mass is 10.1. The molecule has 1 aromatic rings. The standard InChI is InChI=1S/C15H18ClNO3/c1-2-17(11-4-5-11)15(18)10-8-12(16)14-13(9-10)19-6-3-7-20-14/h8-9,11H,2-7H2,1H3. The van der Waals surface area contributed by atoms with Gasteiger partial charge in [0.1, 0.15) is 0 Å².